The van der Waals surface area contributed by atoms with Crippen molar-refractivity contribution in [1.82, 2.24) is 9.80 Å². The van der Waals surface area contributed by atoms with Crippen LogP contribution in [0.25, 0.3) is 0 Å². The first-order chi connectivity index (χ1) is 9.10. The average molecular weight is 262 g/mol. The van der Waals surface area contributed by atoms with Gasteiger partial charge in [0, 0.05) is 32.2 Å². The first-order valence-corrected chi connectivity index (χ1v) is 6.97. The molecule has 104 valence electrons. The van der Waals surface area contributed by atoms with Crippen molar-refractivity contribution in [2.24, 2.45) is 0 Å². The van der Waals surface area contributed by atoms with Crippen molar-refractivity contribution in [1.29, 1.82) is 0 Å². The van der Waals surface area contributed by atoms with Crippen LogP contribution in [0.1, 0.15) is 18.9 Å². The van der Waals surface area contributed by atoms with Gasteiger partial charge in [0.15, 0.2) is 0 Å². The molecular formula is C14H23BN2O2. The highest BCUT2D eigenvalue weighted by Crippen LogP contribution is 2.13. The maximum absolute atomic E-state index is 9.20. The van der Waals surface area contributed by atoms with E-state index >= 15 is 0 Å². The third kappa shape index (κ3) is 3.80. The Balaban J connectivity index is 1.99. The van der Waals surface area contributed by atoms with Gasteiger partial charge in [0.2, 0.25) is 0 Å². The Bertz CT molecular complexity index is 414. The molecule has 0 bridgehead atoms. The summed E-state index contributed by atoms with van der Waals surface area (Å²) in [6.07, 6.45) is 1.17. The summed E-state index contributed by atoms with van der Waals surface area (Å²) in [4.78, 5) is 4.86. The van der Waals surface area contributed by atoms with Crippen LogP contribution >= 0.6 is 0 Å². The molecule has 0 amide bonds. The second-order valence-electron chi connectivity index (χ2n) is 5.40. The van der Waals surface area contributed by atoms with Gasteiger partial charge in [0.1, 0.15) is 0 Å². The normalized spacial score (nSPS) is 21.6. The van der Waals surface area contributed by atoms with Gasteiger partial charge >= 0.3 is 7.12 Å². The molecule has 4 nitrogen and oxygen atoms in total. The number of likely N-dealkylation sites (N-methyl/N-ethyl adjacent to an activating group) is 1. The summed E-state index contributed by atoms with van der Waals surface area (Å²) in [6.45, 7) is 6.36. The van der Waals surface area contributed by atoms with Gasteiger partial charge in [-0.2, -0.15) is 0 Å². The number of nitrogens with zero attached hydrogens (tertiary/aromatic N) is 2. The van der Waals surface area contributed by atoms with Gasteiger partial charge in [0.25, 0.3) is 0 Å². The molecule has 0 saturated carbocycles. The number of rotatable bonds is 4. The minimum atomic E-state index is -1.38. The Morgan fingerprint density at radius 2 is 2.11 bits per heavy atom. The molecule has 1 heterocycles. The Morgan fingerprint density at radius 3 is 2.79 bits per heavy atom. The van der Waals surface area contributed by atoms with Gasteiger partial charge < -0.3 is 14.9 Å². The topological polar surface area (TPSA) is 46.9 Å². The maximum atomic E-state index is 9.20. The molecule has 0 spiro atoms. The molecule has 0 aliphatic carbocycles. The molecule has 1 aliphatic rings. The smallest absolute Gasteiger partial charge is 0.423 e. The first kappa shape index (κ1) is 14.5. The summed E-state index contributed by atoms with van der Waals surface area (Å²) in [5.41, 5.74) is 1.71. The summed E-state index contributed by atoms with van der Waals surface area (Å²) < 4.78 is 0. The monoisotopic (exact) mass is 262 g/mol. The predicted octanol–water partition coefficient (Wildman–Crippen LogP) is -0.108. The van der Waals surface area contributed by atoms with Gasteiger partial charge in [-0.05, 0) is 24.5 Å². The second kappa shape index (κ2) is 6.52. The molecule has 5 heteroatoms. The lowest BCUT2D eigenvalue weighted by Gasteiger charge is -2.39. The molecular weight excluding hydrogens is 239 g/mol. The second-order valence-corrected chi connectivity index (χ2v) is 5.40. The zero-order valence-corrected chi connectivity index (χ0v) is 11.8. The molecule has 1 unspecified atom stereocenters. The van der Waals surface area contributed by atoms with Crippen LogP contribution in [-0.2, 0) is 6.54 Å². The van der Waals surface area contributed by atoms with Crippen LogP contribution in [0, 0.1) is 0 Å². The van der Waals surface area contributed by atoms with Crippen molar-refractivity contribution >= 4 is 12.6 Å². The molecule has 19 heavy (non-hydrogen) atoms. The van der Waals surface area contributed by atoms with E-state index in [1.165, 1.54) is 6.42 Å². The Morgan fingerprint density at radius 1 is 1.32 bits per heavy atom. The lowest BCUT2D eigenvalue weighted by atomic mass is 9.79. The van der Waals surface area contributed by atoms with Crippen LogP contribution in [0.3, 0.4) is 0 Å². The number of hydrogen-bond acceptors (Lipinski definition) is 4. The van der Waals surface area contributed by atoms with Crippen LogP contribution in [0.2, 0.25) is 0 Å². The quantitative estimate of drug-likeness (QED) is 0.743. The SMILES string of the molecule is CCC1CN(Cc2cccc(B(O)O)c2)CCN1C. The Labute approximate surface area is 115 Å². The van der Waals surface area contributed by atoms with E-state index in [0.717, 1.165) is 31.7 Å². The highest BCUT2D eigenvalue weighted by Gasteiger charge is 2.22. The maximum Gasteiger partial charge on any atom is 0.488 e. The molecule has 1 fully saturated rings. The van der Waals surface area contributed by atoms with Crippen LogP contribution in [0.5, 0.6) is 0 Å². The highest BCUT2D eigenvalue weighted by molar-refractivity contribution is 6.58. The van der Waals surface area contributed by atoms with Gasteiger partial charge in [-0.25, -0.2) is 0 Å². The van der Waals surface area contributed by atoms with Crippen LogP contribution < -0.4 is 5.46 Å². The molecule has 0 aromatic heterocycles. The molecule has 1 aromatic carbocycles. The molecule has 1 atom stereocenters. The summed E-state index contributed by atoms with van der Waals surface area (Å²) in [5.74, 6) is 0. The minimum Gasteiger partial charge on any atom is -0.423 e. The van der Waals surface area contributed by atoms with Gasteiger partial charge in [0.05, 0.1) is 0 Å². The predicted molar refractivity (Wildman–Crippen MR) is 78.3 cm³/mol. The molecule has 2 rings (SSSR count). The summed E-state index contributed by atoms with van der Waals surface area (Å²) in [7, 11) is 0.810. The van der Waals surface area contributed by atoms with E-state index < -0.39 is 7.12 Å². The van der Waals surface area contributed by atoms with E-state index in [1.54, 1.807) is 6.07 Å². The van der Waals surface area contributed by atoms with Crippen molar-refractivity contribution in [2.45, 2.75) is 25.9 Å². The first-order valence-electron chi connectivity index (χ1n) is 6.97. The van der Waals surface area contributed by atoms with Gasteiger partial charge in [-0.3, -0.25) is 4.90 Å². The van der Waals surface area contributed by atoms with E-state index in [2.05, 4.69) is 23.8 Å². The van der Waals surface area contributed by atoms with E-state index in [9.17, 15) is 10.0 Å². The Hall–Kier alpha value is -0.875. The van der Waals surface area contributed by atoms with E-state index in [0.29, 0.717) is 11.5 Å². The fraction of sp³-hybridized carbons (Fsp3) is 0.571. The largest absolute Gasteiger partial charge is 0.488 e. The lowest BCUT2D eigenvalue weighted by molar-refractivity contribution is 0.0884. The van der Waals surface area contributed by atoms with Gasteiger partial charge in [-0.15, -0.1) is 0 Å². The Kier molecular flexibility index (Phi) is 4.99. The van der Waals surface area contributed by atoms with Crippen molar-refractivity contribution < 1.29 is 10.0 Å². The molecule has 1 aliphatic heterocycles. The van der Waals surface area contributed by atoms with Crippen molar-refractivity contribution in [3.8, 4) is 0 Å². The summed E-state index contributed by atoms with van der Waals surface area (Å²) in [5, 5.41) is 18.4. The van der Waals surface area contributed by atoms with Crippen molar-refractivity contribution in [3.63, 3.8) is 0 Å². The minimum absolute atomic E-state index is 0.568. The number of piperazine rings is 1. The zero-order chi connectivity index (χ0) is 13.8. The number of hydrogen-bond donors (Lipinski definition) is 2. The van der Waals surface area contributed by atoms with E-state index in [-0.39, 0.29) is 0 Å². The molecule has 2 N–H and O–H groups in total. The average Bonchev–Trinajstić information content (AvgIpc) is 2.41. The van der Waals surface area contributed by atoms with E-state index in [4.69, 9.17) is 0 Å². The lowest BCUT2D eigenvalue weighted by Crippen LogP contribution is -2.50. The van der Waals surface area contributed by atoms with Crippen molar-refractivity contribution in [2.75, 3.05) is 26.7 Å². The van der Waals surface area contributed by atoms with Crippen molar-refractivity contribution in [3.05, 3.63) is 29.8 Å². The fourth-order valence-corrected chi connectivity index (χ4v) is 2.71. The molecule has 1 saturated heterocycles. The van der Waals surface area contributed by atoms with Crippen LogP contribution in [0.4, 0.5) is 0 Å². The van der Waals surface area contributed by atoms with Crippen LogP contribution in [-0.4, -0.2) is 59.7 Å². The zero-order valence-electron chi connectivity index (χ0n) is 11.8. The molecule has 1 aromatic rings. The summed E-state index contributed by atoms with van der Waals surface area (Å²) >= 11 is 0. The summed E-state index contributed by atoms with van der Waals surface area (Å²) in [6, 6.07) is 8.18. The highest BCUT2D eigenvalue weighted by atomic mass is 16.4. The standard InChI is InChI=1S/C14H23BN2O2/c1-3-14-11-17(8-7-16(14)2)10-12-5-4-6-13(9-12)15(18)19/h4-6,9,14,18-19H,3,7-8,10-11H2,1-2H3. The fourth-order valence-electron chi connectivity index (χ4n) is 2.71. The number of benzene rings is 1. The van der Waals surface area contributed by atoms with E-state index in [1.807, 2.05) is 18.2 Å². The van der Waals surface area contributed by atoms with Gasteiger partial charge in [-0.1, -0.05) is 31.2 Å². The van der Waals surface area contributed by atoms with Crippen LogP contribution in [0.15, 0.2) is 24.3 Å². The third-order valence-electron chi connectivity index (χ3n) is 3.99. The molecule has 0 radical (unpaired) electrons. The third-order valence-corrected chi connectivity index (χ3v) is 3.99.